The van der Waals surface area contributed by atoms with E-state index in [-0.39, 0.29) is 36.5 Å². The number of quaternary nitrogens is 1. The predicted octanol–water partition coefficient (Wildman–Crippen LogP) is 1.15. The smallest absolute Gasteiger partial charge is 0.281 e. The zero-order valence-electron chi connectivity index (χ0n) is 18.8. The molecule has 1 aromatic rings. The second kappa shape index (κ2) is 10.3. The number of rotatable bonds is 6. The number of likely N-dealkylation sites (tertiary alicyclic amines) is 1. The van der Waals surface area contributed by atoms with E-state index in [1.165, 1.54) is 6.42 Å². The van der Waals surface area contributed by atoms with Crippen LogP contribution in [0.2, 0.25) is 0 Å². The molecule has 0 spiro atoms. The van der Waals surface area contributed by atoms with Crippen molar-refractivity contribution in [2.45, 2.75) is 58.2 Å². The van der Waals surface area contributed by atoms with Crippen molar-refractivity contribution in [1.82, 2.24) is 4.90 Å². The van der Waals surface area contributed by atoms with Crippen LogP contribution in [0.1, 0.15) is 40.0 Å². The zero-order chi connectivity index (χ0) is 21.7. The van der Waals surface area contributed by atoms with Crippen LogP contribution in [0.5, 0.6) is 0 Å². The Bertz CT molecular complexity index is 708. The van der Waals surface area contributed by atoms with Gasteiger partial charge in [-0.3, -0.25) is 9.59 Å². The van der Waals surface area contributed by atoms with Crippen LogP contribution in [0.25, 0.3) is 0 Å². The average molecular weight is 418 g/mol. The number of carbonyl (C=O) groups excluding carboxylic acids is 2. The number of benzene rings is 1. The SMILES string of the molecule is C[C@@H]1CCC[C@H](C)N1C(=O)[C@@H](C)[NH+](C)CC(=O)Nc1ccc(N2CCOCC2)cc1. The normalized spacial score (nSPS) is 24.3. The molecule has 7 heteroatoms. The fourth-order valence-corrected chi connectivity index (χ4v) is 4.48. The summed E-state index contributed by atoms with van der Waals surface area (Å²) in [5, 5.41) is 2.97. The Balaban J connectivity index is 1.51. The molecule has 0 aliphatic carbocycles. The molecule has 2 aliphatic rings. The highest BCUT2D eigenvalue weighted by molar-refractivity contribution is 5.92. The number of morpholine rings is 1. The van der Waals surface area contributed by atoms with Gasteiger partial charge in [0.1, 0.15) is 0 Å². The number of anilines is 2. The van der Waals surface area contributed by atoms with Crippen molar-refractivity contribution in [2.24, 2.45) is 0 Å². The van der Waals surface area contributed by atoms with E-state index in [2.05, 4.69) is 24.1 Å². The first-order valence-corrected chi connectivity index (χ1v) is 11.2. The Labute approximate surface area is 180 Å². The molecule has 30 heavy (non-hydrogen) atoms. The number of nitrogens with one attached hydrogen (secondary N) is 2. The number of piperidine rings is 1. The van der Waals surface area contributed by atoms with E-state index in [9.17, 15) is 9.59 Å². The summed E-state index contributed by atoms with van der Waals surface area (Å²) >= 11 is 0. The highest BCUT2D eigenvalue weighted by atomic mass is 16.5. The molecule has 2 aliphatic heterocycles. The van der Waals surface area contributed by atoms with Gasteiger partial charge < -0.3 is 24.8 Å². The lowest BCUT2D eigenvalue weighted by molar-refractivity contribution is -0.886. The minimum absolute atomic E-state index is 0.0778. The summed E-state index contributed by atoms with van der Waals surface area (Å²) in [6.45, 7) is 9.72. The Morgan fingerprint density at radius 1 is 1.13 bits per heavy atom. The number of nitrogens with zero attached hydrogens (tertiary/aromatic N) is 2. The van der Waals surface area contributed by atoms with Crippen molar-refractivity contribution in [3.63, 3.8) is 0 Å². The molecule has 2 amide bonds. The number of amides is 2. The first-order valence-electron chi connectivity index (χ1n) is 11.2. The van der Waals surface area contributed by atoms with Crippen molar-refractivity contribution in [2.75, 3.05) is 50.1 Å². The third-order valence-corrected chi connectivity index (χ3v) is 6.52. The van der Waals surface area contributed by atoms with Crippen molar-refractivity contribution < 1.29 is 19.2 Å². The van der Waals surface area contributed by atoms with Crippen LogP contribution >= 0.6 is 0 Å². The minimum atomic E-state index is -0.248. The molecule has 0 radical (unpaired) electrons. The minimum Gasteiger partial charge on any atom is -0.378 e. The van der Waals surface area contributed by atoms with Gasteiger partial charge in [0, 0.05) is 36.5 Å². The zero-order valence-corrected chi connectivity index (χ0v) is 18.8. The number of carbonyl (C=O) groups is 2. The van der Waals surface area contributed by atoms with Gasteiger partial charge in [-0.05, 0) is 64.3 Å². The van der Waals surface area contributed by atoms with Crippen LogP contribution in [0.3, 0.4) is 0 Å². The molecule has 0 saturated carbocycles. The molecule has 3 rings (SSSR count). The third kappa shape index (κ3) is 5.52. The summed E-state index contributed by atoms with van der Waals surface area (Å²) in [4.78, 5) is 30.8. The molecule has 2 heterocycles. The molecular formula is C23H37N4O3+. The van der Waals surface area contributed by atoms with Crippen LogP contribution < -0.4 is 15.1 Å². The first kappa shape index (κ1) is 22.6. The quantitative estimate of drug-likeness (QED) is 0.729. The maximum atomic E-state index is 13.0. The third-order valence-electron chi connectivity index (χ3n) is 6.52. The Hall–Kier alpha value is -2.12. The summed E-state index contributed by atoms with van der Waals surface area (Å²) < 4.78 is 5.39. The van der Waals surface area contributed by atoms with E-state index < -0.39 is 0 Å². The van der Waals surface area contributed by atoms with Gasteiger partial charge in [-0.15, -0.1) is 0 Å². The van der Waals surface area contributed by atoms with Gasteiger partial charge in [0.2, 0.25) is 0 Å². The second-order valence-electron chi connectivity index (χ2n) is 8.81. The van der Waals surface area contributed by atoms with Crippen molar-refractivity contribution in [3.8, 4) is 0 Å². The molecule has 4 atom stereocenters. The molecule has 2 fully saturated rings. The first-order chi connectivity index (χ1) is 14.4. The number of hydrogen-bond acceptors (Lipinski definition) is 4. The molecule has 166 valence electrons. The van der Waals surface area contributed by atoms with Gasteiger partial charge >= 0.3 is 0 Å². The van der Waals surface area contributed by atoms with Crippen LogP contribution in [0, 0.1) is 0 Å². The van der Waals surface area contributed by atoms with Gasteiger partial charge in [0.15, 0.2) is 12.6 Å². The molecule has 0 aromatic heterocycles. The van der Waals surface area contributed by atoms with E-state index in [0.29, 0.717) is 0 Å². The van der Waals surface area contributed by atoms with E-state index in [1.807, 2.05) is 43.1 Å². The average Bonchev–Trinajstić information content (AvgIpc) is 2.74. The highest BCUT2D eigenvalue weighted by Crippen LogP contribution is 2.23. The fraction of sp³-hybridized carbons (Fsp3) is 0.652. The molecule has 1 unspecified atom stereocenters. The Morgan fingerprint density at radius 2 is 1.73 bits per heavy atom. The fourth-order valence-electron chi connectivity index (χ4n) is 4.48. The van der Waals surface area contributed by atoms with Crippen molar-refractivity contribution in [1.29, 1.82) is 0 Å². The van der Waals surface area contributed by atoms with Gasteiger partial charge in [-0.1, -0.05) is 0 Å². The van der Waals surface area contributed by atoms with Gasteiger partial charge in [0.25, 0.3) is 11.8 Å². The number of hydrogen-bond donors (Lipinski definition) is 2. The Morgan fingerprint density at radius 3 is 2.33 bits per heavy atom. The molecule has 2 N–H and O–H groups in total. The summed E-state index contributed by atoms with van der Waals surface area (Å²) in [5.74, 6) is 0.0703. The summed E-state index contributed by atoms with van der Waals surface area (Å²) in [6, 6.07) is 8.23. The Kier molecular flexibility index (Phi) is 7.72. The highest BCUT2D eigenvalue weighted by Gasteiger charge is 2.35. The number of ether oxygens (including phenoxy) is 1. The van der Waals surface area contributed by atoms with Crippen LogP contribution in [0.4, 0.5) is 11.4 Å². The molecular weight excluding hydrogens is 380 g/mol. The second-order valence-corrected chi connectivity index (χ2v) is 8.81. The lowest BCUT2D eigenvalue weighted by Gasteiger charge is -2.40. The lowest BCUT2D eigenvalue weighted by Crippen LogP contribution is -3.15. The van der Waals surface area contributed by atoms with Crippen molar-refractivity contribution in [3.05, 3.63) is 24.3 Å². The maximum Gasteiger partial charge on any atom is 0.281 e. The van der Waals surface area contributed by atoms with E-state index in [4.69, 9.17) is 4.74 Å². The standard InChI is InChI=1S/C23H36N4O3/c1-17-6-5-7-18(2)27(17)23(29)19(3)25(4)16-22(28)24-20-8-10-21(11-9-20)26-12-14-30-15-13-26/h8-11,17-19H,5-7,12-16H2,1-4H3,(H,24,28)/p+1/t17-,18+,19-/m1/s1. The van der Waals surface area contributed by atoms with Crippen molar-refractivity contribution >= 4 is 23.2 Å². The van der Waals surface area contributed by atoms with Crippen LogP contribution in [0.15, 0.2) is 24.3 Å². The topological polar surface area (TPSA) is 66.3 Å². The largest absolute Gasteiger partial charge is 0.378 e. The number of likely N-dealkylation sites (N-methyl/N-ethyl adjacent to an activating group) is 1. The van der Waals surface area contributed by atoms with E-state index >= 15 is 0 Å². The van der Waals surface area contributed by atoms with E-state index in [1.54, 1.807) is 0 Å². The summed E-state index contributed by atoms with van der Waals surface area (Å²) in [7, 11) is 1.92. The monoisotopic (exact) mass is 417 g/mol. The van der Waals surface area contributed by atoms with Gasteiger partial charge in [-0.2, -0.15) is 0 Å². The van der Waals surface area contributed by atoms with E-state index in [0.717, 1.165) is 55.4 Å². The maximum absolute atomic E-state index is 13.0. The van der Waals surface area contributed by atoms with Gasteiger partial charge in [-0.25, -0.2) is 0 Å². The van der Waals surface area contributed by atoms with Gasteiger partial charge in [0.05, 0.1) is 20.3 Å². The van der Waals surface area contributed by atoms with Crippen LogP contribution in [-0.4, -0.2) is 74.7 Å². The molecule has 0 bridgehead atoms. The lowest BCUT2D eigenvalue weighted by atomic mass is 9.96. The molecule has 7 nitrogen and oxygen atoms in total. The molecule has 2 saturated heterocycles. The summed E-state index contributed by atoms with van der Waals surface area (Å²) in [6.07, 6.45) is 3.29. The van der Waals surface area contributed by atoms with Crippen LogP contribution in [-0.2, 0) is 14.3 Å². The molecule has 1 aromatic carbocycles. The predicted molar refractivity (Wildman–Crippen MR) is 119 cm³/mol. The summed E-state index contributed by atoms with van der Waals surface area (Å²) in [5.41, 5.74) is 1.92.